The molecule has 9 nitrogen and oxygen atoms in total. The van der Waals surface area contributed by atoms with Gasteiger partial charge in [0.1, 0.15) is 19.3 Å². The molecule has 79 heavy (non-hydrogen) atoms. The van der Waals surface area contributed by atoms with Gasteiger partial charge in [0.2, 0.25) is 5.91 Å². The van der Waals surface area contributed by atoms with Crippen LogP contribution in [0, 0.1) is 0 Å². The second-order valence-electron chi connectivity index (χ2n) is 21.4. The molecule has 0 aromatic heterocycles. The van der Waals surface area contributed by atoms with Gasteiger partial charge in [-0.05, 0) is 128 Å². The van der Waals surface area contributed by atoms with Crippen LogP contribution in [-0.4, -0.2) is 69.4 Å². The maximum atomic E-state index is 13.5. The molecule has 1 amide bonds. The van der Waals surface area contributed by atoms with E-state index in [2.05, 4.69) is 160 Å². The highest BCUT2D eigenvalue weighted by atomic mass is 31.2. The van der Waals surface area contributed by atoms with Crippen LogP contribution in [0.1, 0.15) is 226 Å². The largest absolute Gasteiger partial charge is 0.756 e. The topological polar surface area (TPSA) is 114 Å². The average Bonchev–Trinajstić information content (AvgIpc) is 3.41. The molecule has 0 heterocycles. The van der Waals surface area contributed by atoms with E-state index in [0.717, 1.165) is 135 Å². The molecule has 0 fully saturated rings. The summed E-state index contributed by atoms with van der Waals surface area (Å²) in [6.07, 6.45) is 82.5. The lowest BCUT2D eigenvalue weighted by Crippen LogP contribution is -2.47. The number of esters is 1. The summed E-state index contributed by atoms with van der Waals surface area (Å²) < 4.78 is 30.2. The predicted molar refractivity (Wildman–Crippen MR) is 339 cm³/mol. The highest BCUT2D eigenvalue weighted by molar-refractivity contribution is 7.45. The molecule has 0 aliphatic heterocycles. The van der Waals surface area contributed by atoms with Gasteiger partial charge in [0, 0.05) is 12.8 Å². The van der Waals surface area contributed by atoms with Crippen molar-refractivity contribution in [1.82, 2.24) is 5.32 Å². The van der Waals surface area contributed by atoms with E-state index in [-0.39, 0.29) is 25.4 Å². The standard InChI is InChI=1S/C69H115N2O7P/c1-7-10-13-16-19-22-25-27-29-31-33-35-37-39-41-43-46-49-52-55-58-61-68(72)70-66(65-77-79(74,75)76-64-63-71(4,5)6)67(60-57-54-51-48-45-24-21-18-15-12-9-3)78-69(73)62-59-56-53-50-47-44-42-40-38-36-34-32-30-28-26-23-20-17-14-11-8-2/h10-11,13-14,19-20,22-23,27-30,33-36,39-42,47,50,57,60,66-67H,7-9,12,15-18,21,24-26,31-32,37-38,43-46,48-49,51-56,58-59,61-65H2,1-6H3,(H-,70,72,74,75)/b13-10-,14-11-,22-19-,23-20-,29-27-,30-28-,35-33-,36-34-,41-39-,42-40-,50-47-,60-57+. The Morgan fingerprint density at radius 1 is 0.456 bits per heavy atom. The first-order valence-electron chi connectivity index (χ1n) is 31.1. The second kappa shape index (κ2) is 57.1. The Balaban J connectivity index is 5.35. The molecule has 0 aliphatic carbocycles. The van der Waals surface area contributed by atoms with E-state index in [1.165, 1.54) is 44.9 Å². The van der Waals surface area contributed by atoms with Crippen molar-refractivity contribution in [3.8, 4) is 0 Å². The highest BCUT2D eigenvalue weighted by Crippen LogP contribution is 2.38. The number of likely N-dealkylation sites (N-methyl/N-ethyl adjacent to an activating group) is 1. The third-order valence-corrected chi connectivity index (χ3v) is 13.7. The number of hydrogen-bond donors (Lipinski definition) is 1. The summed E-state index contributed by atoms with van der Waals surface area (Å²) in [7, 11) is 1.12. The van der Waals surface area contributed by atoms with E-state index < -0.39 is 32.5 Å². The van der Waals surface area contributed by atoms with Gasteiger partial charge in [-0.1, -0.05) is 231 Å². The lowest BCUT2D eigenvalue weighted by atomic mass is 10.1. The van der Waals surface area contributed by atoms with Crippen molar-refractivity contribution in [1.29, 1.82) is 0 Å². The van der Waals surface area contributed by atoms with Crippen molar-refractivity contribution in [3.63, 3.8) is 0 Å². The molecule has 3 atom stereocenters. The van der Waals surface area contributed by atoms with Gasteiger partial charge in [-0.15, -0.1) is 0 Å². The third-order valence-electron chi connectivity index (χ3n) is 12.8. The molecule has 0 aromatic carbocycles. The number of rotatable bonds is 54. The highest BCUT2D eigenvalue weighted by Gasteiger charge is 2.27. The molecule has 0 bridgehead atoms. The number of carbonyl (C=O) groups excluding carboxylic acids is 2. The number of carbonyl (C=O) groups is 2. The van der Waals surface area contributed by atoms with Gasteiger partial charge in [-0.3, -0.25) is 14.2 Å². The molecular weight excluding hydrogens is 1000 g/mol. The maximum Gasteiger partial charge on any atom is 0.306 e. The van der Waals surface area contributed by atoms with Gasteiger partial charge >= 0.3 is 5.97 Å². The Labute approximate surface area is 485 Å². The first-order chi connectivity index (χ1) is 38.4. The van der Waals surface area contributed by atoms with E-state index in [1.807, 2.05) is 27.2 Å². The van der Waals surface area contributed by atoms with Crippen molar-refractivity contribution in [2.24, 2.45) is 0 Å². The van der Waals surface area contributed by atoms with E-state index in [4.69, 9.17) is 13.8 Å². The molecule has 0 aromatic rings. The number of hydrogen-bond acceptors (Lipinski definition) is 7. The molecule has 1 N–H and O–H groups in total. The summed E-state index contributed by atoms with van der Waals surface area (Å²) >= 11 is 0. The Morgan fingerprint density at radius 3 is 1.23 bits per heavy atom. The van der Waals surface area contributed by atoms with Crippen LogP contribution in [0.25, 0.3) is 0 Å². The number of nitrogens with zero attached hydrogens (tertiary/aromatic N) is 1. The Kier molecular flexibility index (Phi) is 54.2. The molecule has 0 spiro atoms. The van der Waals surface area contributed by atoms with Crippen LogP contribution >= 0.6 is 7.82 Å². The molecule has 448 valence electrons. The molecule has 3 unspecified atom stereocenters. The van der Waals surface area contributed by atoms with Crippen molar-refractivity contribution >= 4 is 19.7 Å². The zero-order valence-electron chi connectivity index (χ0n) is 51.0. The molecule has 0 saturated carbocycles. The zero-order valence-corrected chi connectivity index (χ0v) is 51.9. The van der Waals surface area contributed by atoms with Gasteiger partial charge in [0.25, 0.3) is 7.82 Å². The van der Waals surface area contributed by atoms with Crippen molar-refractivity contribution < 1.29 is 37.3 Å². The number of phosphoric ester groups is 1. The average molecular weight is 1120 g/mol. The normalized spacial score (nSPS) is 14.7. The molecule has 10 heteroatoms. The van der Waals surface area contributed by atoms with E-state index >= 15 is 0 Å². The summed E-state index contributed by atoms with van der Waals surface area (Å²) in [6.45, 7) is 6.54. The molecule has 0 saturated heterocycles. The monoisotopic (exact) mass is 1110 g/mol. The fourth-order valence-corrected chi connectivity index (χ4v) is 8.74. The first-order valence-corrected chi connectivity index (χ1v) is 32.6. The minimum absolute atomic E-state index is 0.0424. The van der Waals surface area contributed by atoms with Gasteiger partial charge in [0.05, 0.1) is 33.8 Å². The predicted octanol–water partition coefficient (Wildman–Crippen LogP) is 18.8. The summed E-state index contributed by atoms with van der Waals surface area (Å²) in [4.78, 5) is 40.0. The number of quaternary nitrogens is 1. The van der Waals surface area contributed by atoms with E-state index in [0.29, 0.717) is 23.9 Å². The summed E-state index contributed by atoms with van der Waals surface area (Å²) in [5.41, 5.74) is 0. The zero-order chi connectivity index (χ0) is 57.9. The SMILES string of the molecule is CC/C=C\C/C=C\C/C=C\C/C=C\C/C=C\C/C=C\CCCCC(=O)OC(/C=C/CCCCCCCCCCC)C(COP(=O)([O-])OCC[N+](C)(C)C)NC(=O)CCCCCCC/C=C\C/C=C\C/C=C\C/C=C\C/C=C\CC. The van der Waals surface area contributed by atoms with Crippen LogP contribution in [0.3, 0.4) is 0 Å². The third kappa shape index (κ3) is 58.4. The smallest absolute Gasteiger partial charge is 0.306 e. The Hall–Kier alpha value is -4.11. The van der Waals surface area contributed by atoms with E-state index in [9.17, 15) is 19.0 Å². The number of amides is 1. The number of ether oxygens (including phenoxy) is 1. The van der Waals surface area contributed by atoms with Crippen LogP contribution in [0.5, 0.6) is 0 Å². The van der Waals surface area contributed by atoms with Crippen LogP contribution in [0.4, 0.5) is 0 Å². The van der Waals surface area contributed by atoms with Crippen LogP contribution in [0.15, 0.2) is 146 Å². The minimum atomic E-state index is -4.73. The van der Waals surface area contributed by atoms with Crippen molar-refractivity contribution in [2.75, 3.05) is 40.9 Å². The van der Waals surface area contributed by atoms with Gasteiger partial charge < -0.3 is 28.5 Å². The second-order valence-corrected chi connectivity index (χ2v) is 22.9. The fourth-order valence-electron chi connectivity index (χ4n) is 8.02. The lowest BCUT2D eigenvalue weighted by molar-refractivity contribution is -0.870. The molecule has 0 rings (SSSR count). The summed E-state index contributed by atoms with van der Waals surface area (Å²) in [6, 6.07) is -0.928. The summed E-state index contributed by atoms with van der Waals surface area (Å²) in [5.74, 6) is -0.627. The first kappa shape index (κ1) is 74.9. The Bertz CT molecular complexity index is 1860. The summed E-state index contributed by atoms with van der Waals surface area (Å²) in [5, 5.41) is 3.00. The van der Waals surface area contributed by atoms with Crippen LogP contribution in [0.2, 0.25) is 0 Å². The minimum Gasteiger partial charge on any atom is -0.756 e. The van der Waals surface area contributed by atoms with Crippen molar-refractivity contribution in [2.45, 2.75) is 238 Å². The fraction of sp³-hybridized carbons (Fsp3) is 0.623. The maximum absolute atomic E-state index is 13.5. The lowest BCUT2D eigenvalue weighted by Gasteiger charge is -2.30. The molecule has 0 radical (unpaired) electrons. The van der Waals surface area contributed by atoms with Gasteiger partial charge in [-0.2, -0.15) is 0 Å². The van der Waals surface area contributed by atoms with Crippen molar-refractivity contribution in [3.05, 3.63) is 146 Å². The van der Waals surface area contributed by atoms with Gasteiger partial charge in [-0.25, -0.2) is 0 Å². The number of phosphoric acid groups is 1. The van der Waals surface area contributed by atoms with Crippen LogP contribution < -0.4 is 10.2 Å². The number of allylic oxidation sites excluding steroid dienone is 23. The molecular formula is C69H115N2O7P. The quantitative estimate of drug-likeness (QED) is 0.0212. The van der Waals surface area contributed by atoms with Gasteiger partial charge in [0.15, 0.2) is 0 Å². The number of unbranched alkanes of at least 4 members (excludes halogenated alkanes) is 16. The van der Waals surface area contributed by atoms with E-state index in [1.54, 1.807) is 6.08 Å². The Morgan fingerprint density at radius 2 is 0.810 bits per heavy atom. The van der Waals surface area contributed by atoms with Crippen LogP contribution in [-0.2, 0) is 27.9 Å². The molecule has 0 aliphatic rings. The number of nitrogens with one attached hydrogen (secondary N) is 1.